The van der Waals surface area contributed by atoms with E-state index in [0.717, 1.165) is 17.9 Å². The Kier molecular flexibility index (Phi) is 4.00. The number of nitrogens with zero attached hydrogens (tertiary/aromatic N) is 3. The van der Waals surface area contributed by atoms with Gasteiger partial charge in [0.2, 0.25) is 0 Å². The van der Waals surface area contributed by atoms with Crippen LogP contribution < -0.4 is 5.32 Å². The van der Waals surface area contributed by atoms with E-state index >= 15 is 0 Å². The zero-order valence-corrected chi connectivity index (χ0v) is 12.1. The van der Waals surface area contributed by atoms with E-state index in [1.165, 1.54) is 0 Å². The molecule has 1 unspecified atom stereocenters. The lowest BCUT2D eigenvalue weighted by molar-refractivity contribution is 0.267. The van der Waals surface area contributed by atoms with Crippen molar-refractivity contribution in [2.75, 3.05) is 6.54 Å². The first-order valence-electron chi connectivity index (χ1n) is 6.73. The summed E-state index contributed by atoms with van der Waals surface area (Å²) in [5.74, 6) is 0. The van der Waals surface area contributed by atoms with Crippen LogP contribution in [0.1, 0.15) is 39.4 Å². The third-order valence-corrected chi connectivity index (χ3v) is 3.15. The largest absolute Gasteiger partial charge is 0.308 e. The average Bonchev–Trinajstić information content (AvgIpc) is 2.84. The van der Waals surface area contributed by atoms with Crippen LogP contribution in [0.25, 0.3) is 5.69 Å². The summed E-state index contributed by atoms with van der Waals surface area (Å²) in [5, 5.41) is 11.9. The van der Waals surface area contributed by atoms with Gasteiger partial charge in [-0.05, 0) is 24.1 Å². The van der Waals surface area contributed by atoms with Crippen molar-refractivity contribution in [3.05, 3.63) is 42.2 Å². The summed E-state index contributed by atoms with van der Waals surface area (Å²) in [6, 6.07) is 10.3. The molecule has 2 aromatic rings. The third kappa shape index (κ3) is 3.01. The van der Waals surface area contributed by atoms with Crippen molar-refractivity contribution in [1.82, 2.24) is 20.3 Å². The minimum Gasteiger partial charge on any atom is -0.308 e. The molecule has 1 heterocycles. The highest BCUT2D eigenvalue weighted by Gasteiger charge is 2.29. The minimum atomic E-state index is 0.101. The van der Waals surface area contributed by atoms with Gasteiger partial charge in [0.1, 0.15) is 0 Å². The lowest BCUT2D eigenvalue weighted by atomic mass is 9.85. The Hall–Kier alpha value is -1.68. The van der Waals surface area contributed by atoms with Crippen LogP contribution in [-0.4, -0.2) is 21.5 Å². The molecule has 0 aliphatic heterocycles. The van der Waals surface area contributed by atoms with Crippen molar-refractivity contribution < 1.29 is 0 Å². The number of hydrogen-bond donors (Lipinski definition) is 1. The predicted molar refractivity (Wildman–Crippen MR) is 77.2 cm³/mol. The highest BCUT2D eigenvalue weighted by molar-refractivity contribution is 5.32. The van der Waals surface area contributed by atoms with E-state index in [9.17, 15) is 0 Å². The van der Waals surface area contributed by atoms with Crippen molar-refractivity contribution in [2.24, 2.45) is 5.41 Å². The first-order chi connectivity index (χ1) is 9.04. The van der Waals surface area contributed by atoms with E-state index in [-0.39, 0.29) is 11.5 Å². The zero-order valence-electron chi connectivity index (χ0n) is 12.1. The predicted octanol–water partition coefficient (Wildman–Crippen LogP) is 2.96. The number of benzene rings is 1. The molecular formula is C15H22N4. The van der Waals surface area contributed by atoms with Gasteiger partial charge in [0.25, 0.3) is 0 Å². The molecule has 0 saturated carbocycles. The summed E-state index contributed by atoms with van der Waals surface area (Å²) in [6.45, 7) is 9.71. The summed E-state index contributed by atoms with van der Waals surface area (Å²) < 4.78 is 1.92. The van der Waals surface area contributed by atoms with Crippen molar-refractivity contribution in [2.45, 2.75) is 33.7 Å². The molecule has 2 rings (SSSR count). The molecule has 0 aliphatic carbocycles. The van der Waals surface area contributed by atoms with Crippen molar-refractivity contribution in [3.8, 4) is 5.69 Å². The lowest BCUT2D eigenvalue weighted by Crippen LogP contribution is -2.33. The molecule has 4 nitrogen and oxygen atoms in total. The van der Waals surface area contributed by atoms with Gasteiger partial charge >= 0.3 is 0 Å². The van der Waals surface area contributed by atoms with E-state index in [1.54, 1.807) is 0 Å². The van der Waals surface area contributed by atoms with Crippen LogP contribution >= 0.6 is 0 Å². The molecule has 1 aromatic heterocycles. The van der Waals surface area contributed by atoms with Crippen LogP contribution in [0.5, 0.6) is 0 Å². The Balaban J connectivity index is 2.43. The minimum absolute atomic E-state index is 0.101. The number of para-hydroxylation sites is 1. The van der Waals surface area contributed by atoms with Crippen LogP contribution in [-0.2, 0) is 0 Å². The number of nitrogens with one attached hydrogen (secondary N) is 1. The Morgan fingerprint density at radius 3 is 2.47 bits per heavy atom. The first-order valence-corrected chi connectivity index (χ1v) is 6.73. The smallest absolute Gasteiger partial charge is 0.0820 e. The van der Waals surface area contributed by atoms with Crippen LogP contribution in [0, 0.1) is 5.41 Å². The topological polar surface area (TPSA) is 42.7 Å². The van der Waals surface area contributed by atoms with Crippen LogP contribution in [0.3, 0.4) is 0 Å². The second-order valence-corrected chi connectivity index (χ2v) is 5.76. The highest BCUT2D eigenvalue weighted by Crippen LogP contribution is 2.32. The van der Waals surface area contributed by atoms with Crippen molar-refractivity contribution in [3.63, 3.8) is 0 Å². The van der Waals surface area contributed by atoms with Gasteiger partial charge < -0.3 is 5.32 Å². The maximum Gasteiger partial charge on any atom is 0.0820 e. The lowest BCUT2D eigenvalue weighted by Gasteiger charge is -2.31. The zero-order chi connectivity index (χ0) is 13.9. The van der Waals surface area contributed by atoms with Gasteiger partial charge in [-0.2, -0.15) is 0 Å². The molecule has 0 spiro atoms. The van der Waals surface area contributed by atoms with Crippen molar-refractivity contribution >= 4 is 0 Å². The van der Waals surface area contributed by atoms with Crippen molar-refractivity contribution in [1.29, 1.82) is 0 Å². The summed E-state index contributed by atoms with van der Waals surface area (Å²) in [4.78, 5) is 0. The third-order valence-electron chi connectivity index (χ3n) is 3.15. The molecule has 0 bridgehead atoms. The van der Waals surface area contributed by atoms with Gasteiger partial charge in [-0.1, -0.05) is 51.1 Å². The fraction of sp³-hybridized carbons (Fsp3) is 0.467. The van der Waals surface area contributed by atoms with Crippen LogP contribution in [0.15, 0.2) is 36.5 Å². The molecule has 0 radical (unpaired) electrons. The molecule has 1 aromatic carbocycles. The van der Waals surface area contributed by atoms with Gasteiger partial charge in [0.05, 0.1) is 23.6 Å². The molecule has 0 aliphatic rings. The van der Waals surface area contributed by atoms with Crippen LogP contribution in [0.4, 0.5) is 0 Å². The summed E-state index contributed by atoms with van der Waals surface area (Å²) in [5.41, 5.74) is 2.24. The second kappa shape index (κ2) is 5.53. The van der Waals surface area contributed by atoms with Gasteiger partial charge in [0.15, 0.2) is 0 Å². The number of aromatic nitrogens is 3. The van der Waals surface area contributed by atoms with Gasteiger partial charge in [0, 0.05) is 0 Å². The van der Waals surface area contributed by atoms with Gasteiger partial charge in [-0.15, -0.1) is 5.10 Å². The van der Waals surface area contributed by atoms with E-state index in [4.69, 9.17) is 0 Å². The Bertz CT molecular complexity index is 510. The monoisotopic (exact) mass is 258 g/mol. The quantitative estimate of drug-likeness (QED) is 0.916. The van der Waals surface area contributed by atoms with Crippen LogP contribution in [0.2, 0.25) is 0 Å². The SMILES string of the molecule is CCNC(c1cnnn1-c1ccccc1)C(C)(C)C. The Morgan fingerprint density at radius 1 is 1.21 bits per heavy atom. The Labute approximate surface area is 114 Å². The number of hydrogen-bond acceptors (Lipinski definition) is 3. The maximum atomic E-state index is 4.23. The molecule has 19 heavy (non-hydrogen) atoms. The average molecular weight is 258 g/mol. The molecule has 4 heteroatoms. The van der Waals surface area contributed by atoms with E-state index in [2.05, 4.69) is 43.3 Å². The standard InChI is InChI=1S/C15H22N4/c1-5-16-14(15(2,3)4)13-11-17-18-19(13)12-9-7-6-8-10-12/h6-11,14,16H,5H2,1-4H3. The summed E-state index contributed by atoms with van der Waals surface area (Å²) in [6.07, 6.45) is 1.85. The molecule has 0 fully saturated rings. The second-order valence-electron chi connectivity index (χ2n) is 5.76. The van der Waals surface area contributed by atoms with E-state index < -0.39 is 0 Å². The molecule has 1 atom stereocenters. The normalized spacial score (nSPS) is 13.5. The molecule has 1 N–H and O–H groups in total. The summed E-state index contributed by atoms with van der Waals surface area (Å²) in [7, 11) is 0. The van der Waals surface area contributed by atoms with E-state index in [0.29, 0.717) is 0 Å². The first kappa shape index (κ1) is 13.7. The summed E-state index contributed by atoms with van der Waals surface area (Å²) >= 11 is 0. The highest BCUT2D eigenvalue weighted by atomic mass is 15.4. The molecule has 102 valence electrons. The Morgan fingerprint density at radius 2 is 1.89 bits per heavy atom. The maximum absolute atomic E-state index is 4.23. The van der Waals surface area contributed by atoms with E-state index in [1.807, 2.05) is 41.2 Å². The molecule has 0 amide bonds. The van der Waals surface area contributed by atoms with Gasteiger partial charge in [-0.3, -0.25) is 0 Å². The fourth-order valence-corrected chi connectivity index (χ4v) is 2.27. The van der Waals surface area contributed by atoms with Gasteiger partial charge in [-0.25, -0.2) is 4.68 Å². The molecular weight excluding hydrogens is 236 g/mol. The molecule has 0 saturated heterocycles. The number of rotatable bonds is 4. The fourth-order valence-electron chi connectivity index (χ4n) is 2.27.